The minimum Gasteiger partial charge on any atom is -0.366 e. The molecule has 0 atom stereocenters. The number of hydrogen-bond donors (Lipinski definition) is 1. The number of rotatable bonds is 2. The Hall–Kier alpha value is -1.91. The van der Waals surface area contributed by atoms with Crippen LogP contribution < -0.4 is 5.73 Å². The molecule has 0 bridgehead atoms. The van der Waals surface area contributed by atoms with Crippen LogP contribution in [0.15, 0.2) is 49.2 Å². The normalized spacial score (nSPS) is 24.9. The second kappa shape index (κ2) is 8.22. The average molecular weight is 397 g/mol. The van der Waals surface area contributed by atoms with Crippen molar-refractivity contribution in [1.29, 1.82) is 0 Å². The molecule has 2 heterocycles. The Morgan fingerprint density at radius 2 is 1.82 bits per heavy atom. The molecule has 4 nitrogen and oxygen atoms in total. The standard InChI is InChI=1S/C17H24N4.C6H5Cl/c1-12-16-15(6-9-19-20-16)17(7-8-17)11-21(12)14-4-2-13(10-18)3-5-14;7-6-4-2-1-3-5-6/h6,9,13-14H,1-5,7-8,10-11,18H2;1-5H. The van der Waals surface area contributed by atoms with E-state index in [-0.39, 0.29) is 0 Å². The van der Waals surface area contributed by atoms with E-state index in [4.69, 9.17) is 17.3 Å². The quantitative estimate of drug-likeness (QED) is 0.802. The lowest BCUT2D eigenvalue weighted by Gasteiger charge is -2.44. The third-order valence-electron chi connectivity index (χ3n) is 6.56. The van der Waals surface area contributed by atoms with Gasteiger partial charge in [0.15, 0.2) is 0 Å². The van der Waals surface area contributed by atoms with Gasteiger partial charge in [-0.3, -0.25) is 0 Å². The first kappa shape index (κ1) is 19.4. The zero-order valence-electron chi connectivity index (χ0n) is 16.4. The molecule has 2 fully saturated rings. The summed E-state index contributed by atoms with van der Waals surface area (Å²) in [6.45, 7) is 6.31. The molecule has 5 heteroatoms. The monoisotopic (exact) mass is 396 g/mol. The molecule has 0 saturated heterocycles. The molecule has 2 aliphatic carbocycles. The minimum atomic E-state index is 0.344. The summed E-state index contributed by atoms with van der Waals surface area (Å²) < 4.78 is 0. The zero-order chi connectivity index (χ0) is 19.6. The van der Waals surface area contributed by atoms with Crippen molar-refractivity contribution < 1.29 is 0 Å². The summed E-state index contributed by atoms with van der Waals surface area (Å²) in [6.07, 6.45) is 9.39. The third kappa shape index (κ3) is 3.94. The zero-order valence-corrected chi connectivity index (χ0v) is 17.1. The average Bonchev–Trinajstić information content (AvgIpc) is 3.52. The number of nitrogens with two attached hydrogens (primary N) is 1. The molecular weight excluding hydrogens is 368 g/mol. The summed E-state index contributed by atoms with van der Waals surface area (Å²) in [5, 5.41) is 9.29. The minimum absolute atomic E-state index is 0.344. The maximum absolute atomic E-state index is 5.82. The highest BCUT2D eigenvalue weighted by molar-refractivity contribution is 6.30. The van der Waals surface area contributed by atoms with Gasteiger partial charge in [0.25, 0.3) is 0 Å². The van der Waals surface area contributed by atoms with Crippen molar-refractivity contribution in [3.8, 4) is 0 Å². The highest BCUT2D eigenvalue weighted by Crippen LogP contribution is 2.54. The molecule has 3 aliphatic rings. The van der Waals surface area contributed by atoms with Gasteiger partial charge in [-0.25, -0.2) is 0 Å². The second-order valence-corrected chi connectivity index (χ2v) is 8.79. The van der Waals surface area contributed by atoms with Gasteiger partial charge >= 0.3 is 0 Å². The van der Waals surface area contributed by atoms with Gasteiger partial charge < -0.3 is 10.6 Å². The van der Waals surface area contributed by atoms with Crippen molar-refractivity contribution in [2.45, 2.75) is 50.0 Å². The predicted molar refractivity (Wildman–Crippen MR) is 115 cm³/mol. The smallest absolute Gasteiger partial charge is 0.112 e. The number of hydrogen-bond acceptors (Lipinski definition) is 4. The molecule has 1 aromatic carbocycles. The molecular formula is C23H29ClN4. The molecule has 5 rings (SSSR count). The molecule has 1 aromatic heterocycles. The predicted octanol–water partition coefficient (Wildman–Crippen LogP) is 4.65. The molecule has 2 aromatic rings. The molecule has 1 aliphatic heterocycles. The van der Waals surface area contributed by atoms with E-state index in [0.717, 1.165) is 35.4 Å². The van der Waals surface area contributed by atoms with Crippen LogP contribution >= 0.6 is 11.6 Å². The van der Waals surface area contributed by atoms with Crippen LogP contribution in [0.5, 0.6) is 0 Å². The van der Waals surface area contributed by atoms with Crippen molar-refractivity contribution in [3.05, 3.63) is 65.5 Å². The molecule has 2 N–H and O–H groups in total. The van der Waals surface area contributed by atoms with Crippen LogP contribution in [0, 0.1) is 5.92 Å². The van der Waals surface area contributed by atoms with Crippen molar-refractivity contribution in [3.63, 3.8) is 0 Å². The Morgan fingerprint density at radius 1 is 1.11 bits per heavy atom. The topological polar surface area (TPSA) is 55.0 Å². The first-order valence-corrected chi connectivity index (χ1v) is 10.7. The summed E-state index contributed by atoms with van der Waals surface area (Å²) in [6, 6.07) is 12.2. The third-order valence-corrected chi connectivity index (χ3v) is 6.81. The van der Waals surface area contributed by atoms with E-state index < -0.39 is 0 Å². The molecule has 28 heavy (non-hydrogen) atoms. The van der Waals surface area contributed by atoms with E-state index >= 15 is 0 Å². The first-order chi connectivity index (χ1) is 13.6. The highest BCUT2D eigenvalue weighted by atomic mass is 35.5. The number of benzene rings is 1. The Labute approximate surface area is 172 Å². The van der Waals surface area contributed by atoms with Gasteiger partial charge in [0.1, 0.15) is 5.69 Å². The highest BCUT2D eigenvalue weighted by Gasteiger charge is 2.51. The van der Waals surface area contributed by atoms with Crippen LogP contribution in [0.3, 0.4) is 0 Å². The first-order valence-electron chi connectivity index (χ1n) is 10.3. The lowest BCUT2D eigenvalue weighted by molar-refractivity contribution is 0.181. The Morgan fingerprint density at radius 3 is 2.39 bits per heavy atom. The van der Waals surface area contributed by atoms with Crippen LogP contribution in [0.25, 0.3) is 5.70 Å². The maximum atomic E-state index is 5.82. The maximum Gasteiger partial charge on any atom is 0.112 e. The van der Waals surface area contributed by atoms with Gasteiger partial charge in [0.2, 0.25) is 0 Å². The van der Waals surface area contributed by atoms with E-state index in [1.807, 2.05) is 36.5 Å². The number of halogens is 1. The van der Waals surface area contributed by atoms with E-state index in [1.165, 1.54) is 44.1 Å². The van der Waals surface area contributed by atoms with Crippen molar-refractivity contribution >= 4 is 17.3 Å². The SMILES string of the molecule is C=C1c2nnccc2C2(CC2)CN1C1CCC(CN)CC1.Clc1ccccc1. The number of aromatic nitrogens is 2. The van der Waals surface area contributed by atoms with Crippen LogP contribution in [-0.4, -0.2) is 34.2 Å². The van der Waals surface area contributed by atoms with Crippen LogP contribution in [0.4, 0.5) is 0 Å². The fourth-order valence-corrected chi connectivity index (χ4v) is 4.80. The van der Waals surface area contributed by atoms with Crippen LogP contribution in [0.2, 0.25) is 5.02 Å². The fraction of sp³-hybridized carbons (Fsp3) is 0.478. The van der Waals surface area contributed by atoms with E-state index in [9.17, 15) is 0 Å². The molecule has 148 valence electrons. The lowest BCUT2D eigenvalue weighted by Crippen LogP contribution is -2.45. The van der Waals surface area contributed by atoms with Crippen LogP contribution in [0.1, 0.15) is 49.8 Å². The Balaban J connectivity index is 0.000000233. The Bertz CT molecular complexity index is 810. The summed E-state index contributed by atoms with van der Waals surface area (Å²) in [5.74, 6) is 0.723. The summed E-state index contributed by atoms with van der Waals surface area (Å²) in [4.78, 5) is 2.54. The van der Waals surface area contributed by atoms with Crippen LogP contribution in [-0.2, 0) is 5.41 Å². The van der Waals surface area contributed by atoms with Gasteiger partial charge in [0.05, 0.1) is 5.70 Å². The van der Waals surface area contributed by atoms with Gasteiger partial charge in [-0.05, 0) is 74.8 Å². The molecule has 1 spiro atoms. The number of fused-ring (bicyclic) bond motifs is 2. The summed E-state index contributed by atoms with van der Waals surface area (Å²) in [5.41, 5.74) is 9.68. The molecule has 0 unspecified atom stereocenters. The summed E-state index contributed by atoms with van der Waals surface area (Å²) >= 11 is 5.54. The molecule has 0 radical (unpaired) electrons. The van der Waals surface area contributed by atoms with E-state index in [2.05, 4.69) is 27.7 Å². The van der Waals surface area contributed by atoms with Crippen molar-refractivity contribution in [1.82, 2.24) is 15.1 Å². The second-order valence-electron chi connectivity index (χ2n) is 8.35. The van der Waals surface area contributed by atoms with Gasteiger partial charge in [-0.15, -0.1) is 5.10 Å². The number of nitrogens with zero attached hydrogens (tertiary/aromatic N) is 3. The molecule has 2 saturated carbocycles. The Kier molecular flexibility index (Phi) is 5.70. The lowest BCUT2D eigenvalue weighted by atomic mass is 9.82. The van der Waals surface area contributed by atoms with Gasteiger partial charge in [0, 0.05) is 29.2 Å². The van der Waals surface area contributed by atoms with E-state index in [0.29, 0.717) is 11.5 Å². The van der Waals surface area contributed by atoms with Crippen molar-refractivity contribution in [2.24, 2.45) is 11.7 Å². The fourth-order valence-electron chi connectivity index (χ4n) is 4.65. The molecule has 0 amide bonds. The largest absolute Gasteiger partial charge is 0.366 e. The van der Waals surface area contributed by atoms with Gasteiger partial charge in [-0.2, -0.15) is 5.10 Å². The van der Waals surface area contributed by atoms with E-state index in [1.54, 1.807) is 0 Å². The summed E-state index contributed by atoms with van der Waals surface area (Å²) in [7, 11) is 0. The van der Waals surface area contributed by atoms with Crippen molar-refractivity contribution in [2.75, 3.05) is 13.1 Å². The van der Waals surface area contributed by atoms with Gasteiger partial charge in [-0.1, -0.05) is 36.4 Å².